The van der Waals surface area contributed by atoms with Crippen LogP contribution < -0.4 is 9.47 Å². The Balaban J connectivity index is 1.41. The van der Waals surface area contributed by atoms with Gasteiger partial charge in [-0.2, -0.15) is 0 Å². The molecule has 1 fully saturated rings. The maximum atomic E-state index is 5.69. The van der Waals surface area contributed by atoms with E-state index in [-0.39, 0.29) is 0 Å². The Bertz CT molecular complexity index is 773. The van der Waals surface area contributed by atoms with Crippen molar-refractivity contribution in [3.63, 3.8) is 0 Å². The summed E-state index contributed by atoms with van der Waals surface area (Å²) in [7, 11) is 0. The molecule has 0 N–H and O–H groups in total. The topological polar surface area (TPSA) is 47.5 Å². The number of hydrogen-bond donors (Lipinski definition) is 0. The van der Waals surface area contributed by atoms with Crippen molar-refractivity contribution in [1.82, 2.24) is 14.9 Å². The number of ether oxygens (including phenoxy) is 2. The average Bonchev–Trinajstić information content (AvgIpc) is 3.08. The minimum Gasteiger partial charge on any atom is -0.484 e. The van der Waals surface area contributed by atoms with Crippen LogP contribution in [0.2, 0.25) is 0 Å². The Kier molecular flexibility index (Phi) is 4.81. The number of likely N-dealkylation sites (tertiary alicyclic amines) is 1. The number of fused-ring (bicyclic) bond motifs is 1. The summed E-state index contributed by atoms with van der Waals surface area (Å²) in [6, 6.07) is 6.88. The van der Waals surface area contributed by atoms with Crippen molar-refractivity contribution in [3.8, 4) is 11.6 Å². The van der Waals surface area contributed by atoms with E-state index in [9.17, 15) is 0 Å². The summed E-state index contributed by atoms with van der Waals surface area (Å²) >= 11 is 0. The number of aromatic nitrogens is 2. The largest absolute Gasteiger partial charge is 0.484 e. The fourth-order valence-corrected chi connectivity index (χ4v) is 4.14. The molecule has 2 aliphatic heterocycles. The zero-order valence-corrected chi connectivity index (χ0v) is 15.9. The van der Waals surface area contributed by atoms with E-state index in [1.54, 1.807) is 0 Å². The summed E-state index contributed by atoms with van der Waals surface area (Å²) in [4.78, 5) is 11.5. The van der Waals surface area contributed by atoms with Crippen LogP contribution in [0, 0.1) is 19.8 Å². The summed E-state index contributed by atoms with van der Waals surface area (Å²) in [6.07, 6.45) is 4.30. The molecule has 4 heterocycles. The number of aryl methyl sites for hydroxylation is 2. The number of pyridine rings is 2. The fraction of sp³-hybridized carbons (Fsp3) is 0.524. The maximum Gasteiger partial charge on any atom is 0.257 e. The van der Waals surface area contributed by atoms with Gasteiger partial charge >= 0.3 is 0 Å². The van der Waals surface area contributed by atoms with Crippen LogP contribution in [0.15, 0.2) is 24.4 Å². The first-order chi connectivity index (χ1) is 12.6. The van der Waals surface area contributed by atoms with Gasteiger partial charge in [-0.3, -0.25) is 9.88 Å². The lowest BCUT2D eigenvalue weighted by Crippen LogP contribution is -2.25. The lowest BCUT2D eigenvalue weighted by atomic mass is 9.98. The molecule has 1 saturated heterocycles. The van der Waals surface area contributed by atoms with E-state index in [0.29, 0.717) is 31.1 Å². The van der Waals surface area contributed by atoms with Crippen molar-refractivity contribution in [2.24, 2.45) is 5.92 Å². The van der Waals surface area contributed by atoms with Gasteiger partial charge in [0.2, 0.25) is 0 Å². The second-order valence-electron chi connectivity index (χ2n) is 7.56. The first-order valence-electron chi connectivity index (χ1n) is 9.52. The Hall–Kier alpha value is -2.14. The zero-order valence-electron chi connectivity index (χ0n) is 15.9. The van der Waals surface area contributed by atoms with Gasteiger partial charge in [0.1, 0.15) is 13.2 Å². The molecule has 2 aromatic rings. The highest BCUT2D eigenvalue weighted by Gasteiger charge is 2.28. The maximum absolute atomic E-state index is 5.69. The first-order valence-corrected chi connectivity index (χ1v) is 9.52. The molecule has 0 amide bonds. The Labute approximate surface area is 155 Å². The van der Waals surface area contributed by atoms with Gasteiger partial charge in [0.15, 0.2) is 5.75 Å². The summed E-state index contributed by atoms with van der Waals surface area (Å²) in [5.41, 5.74) is 4.84. The van der Waals surface area contributed by atoms with Crippen molar-refractivity contribution in [2.45, 2.75) is 39.7 Å². The normalized spacial score (nSPS) is 21.0. The van der Waals surface area contributed by atoms with Crippen LogP contribution in [0.4, 0.5) is 0 Å². The third kappa shape index (κ3) is 3.68. The van der Waals surface area contributed by atoms with Crippen molar-refractivity contribution < 1.29 is 9.47 Å². The minimum atomic E-state index is 0.337. The molecule has 5 nitrogen and oxygen atoms in total. The van der Waals surface area contributed by atoms with E-state index >= 15 is 0 Å². The molecule has 2 aromatic heterocycles. The van der Waals surface area contributed by atoms with Crippen LogP contribution >= 0.6 is 0 Å². The molecular weight excluding hydrogens is 326 g/mol. The first kappa shape index (κ1) is 17.3. The molecule has 0 radical (unpaired) electrons. The standard InChI is InChI=1S/C21H27N3O2/c1-14-8-18(9-15(2)23-14)10-17-4-5-24(13-17)16(3)19-11-20-21(22-12-19)26-7-6-25-20/h8-9,11-12,16-17H,4-7,10,13H2,1-3H3/t16-,17-/m0/s1. The predicted octanol–water partition coefficient (Wildman–Crippen LogP) is 3.49. The number of rotatable bonds is 4. The molecule has 4 rings (SSSR count). The highest BCUT2D eigenvalue weighted by atomic mass is 16.6. The molecule has 0 unspecified atom stereocenters. The van der Waals surface area contributed by atoms with Crippen molar-refractivity contribution >= 4 is 0 Å². The summed E-state index contributed by atoms with van der Waals surface area (Å²) < 4.78 is 11.2. The van der Waals surface area contributed by atoms with E-state index < -0.39 is 0 Å². The third-order valence-corrected chi connectivity index (χ3v) is 5.43. The SMILES string of the molecule is Cc1cc(C[C@@H]2CCN([C@@H](C)c3cnc4c(c3)OCCO4)C2)cc(C)n1. The van der Waals surface area contributed by atoms with Crippen LogP contribution in [-0.2, 0) is 6.42 Å². The van der Waals surface area contributed by atoms with Crippen LogP contribution in [0.1, 0.15) is 41.9 Å². The molecule has 0 aromatic carbocycles. The van der Waals surface area contributed by atoms with Crippen LogP contribution in [-0.4, -0.2) is 41.2 Å². The highest BCUT2D eigenvalue weighted by molar-refractivity contribution is 5.38. The fourth-order valence-electron chi connectivity index (χ4n) is 4.14. The Morgan fingerprint density at radius 1 is 1.15 bits per heavy atom. The smallest absolute Gasteiger partial charge is 0.257 e. The van der Waals surface area contributed by atoms with Gasteiger partial charge < -0.3 is 9.47 Å². The van der Waals surface area contributed by atoms with Gasteiger partial charge in [-0.1, -0.05) is 0 Å². The highest BCUT2D eigenvalue weighted by Crippen LogP contribution is 2.34. The molecule has 2 aliphatic rings. The van der Waals surface area contributed by atoms with Crippen LogP contribution in [0.5, 0.6) is 11.6 Å². The molecule has 0 aliphatic carbocycles. The second-order valence-corrected chi connectivity index (χ2v) is 7.56. The van der Waals surface area contributed by atoms with E-state index in [2.05, 4.69) is 53.8 Å². The second kappa shape index (κ2) is 7.23. The van der Waals surface area contributed by atoms with E-state index in [1.807, 2.05) is 6.20 Å². The van der Waals surface area contributed by atoms with Gasteiger partial charge in [-0.25, -0.2) is 4.98 Å². The van der Waals surface area contributed by atoms with Crippen molar-refractivity contribution in [2.75, 3.05) is 26.3 Å². The quantitative estimate of drug-likeness (QED) is 0.842. The number of nitrogens with zero attached hydrogens (tertiary/aromatic N) is 3. The molecule has 0 spiro atoms. The Morgan fingerprint density at radius 3 is 2.73 bits per heavy atom. The van der Waals surface area contributed by atoms with Gasteiger partial charge in [-0.15, -0.1) is 0 Å². The van der Waals surface area contributed by atoms with E-state index in [0.717, 1.165) is 36.6 Å². The van der Waals surface area contributed by atoms with Gasteiger partial charge in [-0.05, 0) is 75.4 Å². The molecule has 5 heteroatoms. The third-order valence-electron chi connectivity index (χ3n) is 5.43. The van der Waals surface area contributed by atoms with Crippen LogP contribution in [0.25, 0.3) is 0 Å². The predicted molar refractivity (Wildman–Crippen MR) is 101 cm³/mol. The van der Waals surface area contributed by atoms with Gasteiger partial charge in [0.05, 0.1) is 0 Å². The molecule has 26 heavy (non-hydrogen) atoms. The van der Waals surface area contributed by atoms with E-state index in [4.69, 9.17) is 9.47 Å². The molecule has 0 saturated carbocycles. The van der Waals surface area contributed by atoms with Gasteiger partial charge in [0, 0.05) is 30.2 Å². The van der Waals surface area contributed by atoms with Crippen LogP contribution in [0.3, 0.4) is 0 Å². The monoisotopic (exact) mass is 353 g/mol. The summed E-state index contributed by atoms with van der Waals surface area (Å²) in [6.45, 7) is 9.85. The number of hydrogen-bond acceptors (Lipinski definition) is 5. The molecular formula is C21H27N3O2. The molecule has 0 bridgehead atoms. The van der Waals surface area contributed by atoms with Crippen molar-refractivity contribution in [1.29, 1.82) is 0 Å². The van der Waals surface area contributed by atoms with E-state index in [1.165, 1.54) is 17.5 Å². The van der Waals surface area contributed by atoms with Gasteiger partial charge in [0.25, 0.3) is 5.88 Å². The summed E-state index contributed by atoms with van der Waals surface area (Å²) in [5, 5.41) is 0. The average molecular weight is 353 g/mol. The lowest BCUT2D eigenvalue weighted by molar-refractivity contribution is 0.163. The molecule has 138 valence electrons. The Morgan fingerprint density at radius 2 is 1.92 bits per heavy atom. The molecule has 2 atom stereocenters. The zero-order chi connectivity index (χ0) is 18.1. The minimum absolute atomic E-state index is 0.337. The summed E-state index contributed by atoms with van der Waals surface area (Å²) in [5.74, 6) is 2.10. The lowest BCUT2D eigenvalue weighted by Gasteiger charge is -2.26. The van der Waals surface area contributed by atoms with Crippen molar-refractivity contribution in [3.05, 3.63) is 46.9 Å².